The van der Waals surface area contributed by atoms with E-state index in [1.807, 2.05) is 12.1 Å². The Balaban J connectivity index is 2.28. The number of benzene rings is 1. The van der Waals surface area contributed by atoms with Gasteiger partial charge in [-0.15, -0.1) is 0 Å². The first-order chi connectivity index (χ1) is 7.66. The summed E-state index contributed by atoms with van der Waals surface area (Å²) >= 11 is 0. The van der Waals surface area contributed by atoms with Crippen LogP contribution in [-0.2, 0) is 15.3 Å². The third-order valence-corrected chi connectivity index (χ3v) is 2.93. The van der Waals surface area contributed by atoms with E-state index in [-0.39, 0.29) is 0 Å². The van der Waals surface area contributed by atoms with Gasteiger partial charge in [-0.05, 0) is 6.92 Å². The highest BCUT2D eigenvalue weighted by Gasteiger charge is 2.37. The maximum Gasteiger partial charge on any atom is 0.207 e. The van der Waals surface area contributed by atoms with Crippen molar-refractivity contribution in [3.8, 4) is 0 Å². The van der Waals surface area contributed by atoms with Crippen LogP contribution in [0.3, 0.4) is 0 Å². The number of rotatable bonds is 2. The number of aryl methyl sites for hydroxylation is 1. The Morgan fingerprint density at radius 2 is 2.06 bits per heavy atom. The topological polar surface area (TPSA) is 44.5 Å². The van der Waals surface area contributed by atoms with Crippen LogP contribution in [0, 0.1) is 12.8 Å². The van der Waals surface area contributed by atoms with Crippen molar-refractivity contribution in [1.82, 2.24) is 0 Å². The summed E-state index contributed by atoms with van der Waals surface area (Å²) in [7, 11) is 0. The van der Waals surface area contributed by atoms with Crippen LogP contribution < -0.4 is 5.73 Å². The lowest BCUT2D eigenvalue weighted by molar-refractivity contribution is -0.284. The van der Waals surface area contributed by atoms with Gasteiger partial charge in [0, 0.05) is 11.5 Å². The first-order valence-corrected chi connectivity index (χ1v) is 5.71. The van der Waals surface area contributed by atoms with Gasteiger partial charge in [0.15, 0.2) is 0 Å². The fourth-order valence-electron chi connectivity index (χ4n) is 1.93. The summed E-state index contributed by atoms with van der Waals surface area (Å²) in [5.74, 6) is -0.303. The Labute approximate surface area is 96.5 Å². The molecule has 16 heavy (non-hydrogen) atoms. The fourth-order valence-corrected chi connectivity index (χ4v) is 1.93. The summed E-state index contributed by atoms with van der Waals surface area (Å²) in [6.07, 6.45) is 0. The standard InChI is InChI=1S/C13H19NO2/c1-10-4-3-5-12(6-10)13(9-14)15-7-11(2)8-16-13/h3-6,11H,7-9,14H2,1-2H3. The minimum atomic E-state index is -0.738. The maximum absolute atomic E-state index is 5.82. The molecule has 0 amide bonds. The minimum absolute atomic E-state index is 0.350. The van der Waals surface area contributed by atoms with Crippen molar-refractivity contribution in [2.75, 3.05) is 19.8 Å². The highest BCUT2D eigenvalue weighted by Crippen LogP contribution is 2.31. The zero-order valence-electron chi connectivity index (χ0n) is 9.90. The molecule has 1 fully saturated rings. The molecule has 0 spiro atoms. The number of hydrogen-bond donors (Lipinski definition) is 1. The summed E-state index contributed by atoms with van der Waals surface area (Å²) < 4.78 is 11.6. The van der Waals surface area contributed by atoms with Crippen molar-refractivity contribution in [2.24, 2.45) is 11.7 Å². The van der Waals surface area contributed by atoms with E-state index < -0.39 is 5.79 Å². The zero-order valence-corrected chi connectivity index (χ0v) is 9.90. The third-order valence-electron chi connectivity index (χ3n) is 2.93. The van der Waals surface area contributed by atoms with Crippen LogP contribution in [0.5, 0.6) is 0 Å². The Bertz CT molecular complexity index is 357. The maximum atomic E-state index is 5.82. The molecule has 1 saturated heterocycles. The molecule has 0 unspecified atom stereocenters. The molecular formula is C13H19NO2. The van der Waals surface area contributed by atoms with Gasteiger partial charge in [0.25, 0.3) is 0 Å². The monoisotopic (exact) mass is 221 g/mol. The van der Waals surface area contributed by atoms with Crippen molar-refractivity contribution in [2.45, 2.75) is 19.6 Å². The summed E-state index contributed by atoms with van der Waals surface area (Å²) in [6, 6.07) is 8.14. The van der Waals surface area contributed by atoms with Crippen molar-refractivity contribution in [1.29, 1.82) is 0 Å². The van der Waals surface area contributed by atoms with Gasteiger partial charge in [-0.3, -0.25) is 0 Å². The van der Waals surface area contributed by atoms with Gasteiger partial charge < -0.3 is 15.2 Å². The summed E-state index contributed by atoms with van der Waals surface area (Å²) in [4.78, 5) is 0. The molecule has 0 bridgehead atoms. The van der Waals surface area contributed by atoms with Gasteiger partial charge in [0.05, 0.1) is 19.8 Å². The number of ether oxygens (including phenoxy) is 2. The molecule has 3 heteroatoms. The van der Waals surface area contributed by atoms with Gasteiger partial charge in [0.2, 0.25) is 5.79 Å². The molecule has 88 valence electrons. The lowest BCUT2D eigenvalue weighted by Crippen LogP contribution is -2.46. The smallest absolute Gasteiger partial charge is 0.207 e. The highest BCUT2D eigenvalue weighted by atomic mass is 16.7. The lowest BCUT2D eigenvalue weighted by atomic mass is 10.0. The molecule has 1 aliphatic rings. The summed E-state index contributed by atoms with van der Waals surface area (Å²) in [5.41, 5.74) is 8.02. The quantitative estimate of drug-likeness (QED) is 0.828. The molecule has 1 aromatic rings. The molecule has 0 aromatic heterocycles. The molecule has 1 aromatic carbocycles. The molecule has 3 nitrogen and oxygen atoms in total. The van der Waals surface area contributed by atoms with Gasteiger partial charge >= 0.3 is 0 Å². The van der Waals surface area contributed by atoms with Crippen LogP contribution in [0.2, 0.25) is 0 Å². The Hall–Kier alpha value is -0.900. The largest absolute Gasteiger partial charge is 0.344 e. The third kappa shape index (κ3) is 2.12. The molecule has 2 N–H and O–H groups in total. The van der Waals surface area contributed by atoms with Crippen LogP contribution in [0.15, 0.2) is 24.3 Å². The lowest BCUT2D eigenvalue weighted by Gasteiger charge is -2.39. The first kappa shape index (κ1) is 11.6. The molecular weight excluding hydrogens is 202 g/mol. The second-order valence-electron chi connectivity index (χ2n) is 4.55. The van der Waals surface area contributed by atoms with E-state index in [1.165, 1.54) is 5.56 Å². The molecule has 1 aliphatic heterocycles. The van der Waals surface area contributed by atoms with E-state index in [9.17, 15) is 0 Å². The summed E-state index contributed by atoms with van der Waals surface area (Å²) in [5, 5.41) is 0. The second kappa shape index (κ2) is 4.53. The predicted molar refractivity (Wildman–Crippen MR) is 63.0 cm³/mol. The fraction of sp³-hybridized carbons (Fsp3) is 0.538. The number of hydrogen-bond acceptors (Lipinski definition) is 3. The van der Waals surface area contributed by atoms with E-state index >= 15 is 0 Å². The summed E-state index contributed by atoms with van der Waals surface area (Å²) in [6.45, 7) is 5.91. The molecule has 0 aliphatic carbocycles. The van der Waals surface area contributed by atoms with Crippen LogP contribution in [-0.4, -0.2) is 19.8 Å². The molecule has 1 heterocycles. The van der Waals surface area contributed by atoms with E-state index in [0.717, 1.165) is 5.56 Å². The van der Waals surface area contributed by atoms with Crippen molar-refractivity contribution in [3.05, 3.63) is 35.4 Å². The van der Waals surface area contributed by atoms with Crippen molar-refractivity contribution in [3.63, 3.8) is 0 Å². The Morgan fingerprint density at radius 1 is 1.38 bits per heavy atom. The van der Waals surface area contributed by atoms with Crippen molar-refractivity contribution < 1.29 is 9.47 Å². The zero-order chi connectivity index (χ0) is 11.6. The Morgan fingerprint density at radius 3 is 2.62 bits per heavy atom. The van der Waals surface area contributed by atoms with Gasteiger partial charge in [0.1, 0.15) is 0 Å². The second-order valence-corrected chi connectivity index (χ2v) is 4.55. The molecule has 0 saturated carbocycles. The van der Waals surface area contributed by atoms with Crippen LogP contribution >= 0.6 is 0 Å². The Kier molecular flexibility index (Phi) is 3.28. The van der Waals surface area contributed by atoms with E-state index in [4.69, 9.17) is 15.2 Å². The van der Waals surface area contributed by atoms with Crippen LogP contribution in [0.25, 0.3) is 0 Å². The average Bonchev–Trinajstić information content (AvgIpc) is 2.31. The minimum Gasteiger partial charge on any atom is -0.344 e. The molecule has 0 radical (unpaired) electrons. The molecule has 2 rings (SSSR count). The van der Waals surface area contributed by atoms with Crippen LogP contribution in [0.1, 0.15) is 18.1 Å². The van der Waals surface area contributed by atoms with E-state index in [1.54, 1.807) is 0 Å². The predicted octanol–water partition coefficient (Wildman–Crippen LogP) is 1.79. The normalized spacial score (nSPS) is 30.3. The number of nitrogens with two attached hydrogens (primary N) is 1. The van der Waals surface area contributed by atoms with Crippen LogP contribution in [0.4, 0.5) is 0 Å². The first-order valence-electron chi connectivity index (χ1n) is 5.71. The van der Waals surface area contributed by atoms with Gasteiger partial charge in [-0.1, -0.05) is 36.8 Å². The molecule has 0 atom stereocenters. The van der Waals surface area contributed by atoms with Gasteiger partial charge in [-0.25, -0.2) is 0 Å². The van der Waals surface area contributed by atoms with E-state index in [0.29, 0.717) is 25.7 Å². The van der Waals surface area contributed by atoms with E-state index in [2.05, 4.69) is 26.0 Å². The van der Waals surface area contributed by atoms with Crippen molar-refractivity contribution >= 4 is 0 Å². The van der Waals surface area contributed by atoms with Gasteiger partial charge in [-0.2, -0.15) is 0 Å². The average molecular weight is 221 g/mol. The highest BCUT2D eigenvalue weighted by molar-refractivity contribution is 5.26. The SMILES string of the molecule is Cc1cccc(C2(CN)OCC(C)CO2)c1.